The van der Waals surface area contributed by atoms with Crippen molar-refractivity contribution in [1.29, 1.82) is 0 Å². The third-order valence-electron chi connectivity index (χ3n) is 3.66. The predicted molar refractivity (Wildman–Crippen MR) is 83.6 cm³/mol. The van der Waals surface area contributed by atoms with E-state index in [2.05, 4.69) is 20.8 Å². The van der Waals surface area contributed by atoms with Gasteiger partial charge in [0.25, 0.3) is 0 Å². The lowest BCUT2D eigenvalue weighted by Crippen LogP contribution is -2.18. The molecular weight excluding hydrogens is 256 g/mol. The molecule has 0 heterocycles. The first-order valence-electron chi connectivity index (χ1n) is 8.00. The normalized spacial score (nSPS) is 16.8. The fraction of sp³-hybridized carbons (Fsp3) is 1.00. The van der Waals surface area contributed by atoms with Gasteiger partial charge in [-0.2, -0.15) is 0 Å². The van der Waals surface area contributed by atoms with Gasteiger partial charge >= 0.3 is 0 Å². The van der Waals surface area contributed by atoms with Crippen molar-refractivity contribution < 1.29 is 20.4 Å². The van der Waals surface area contributed by atoms with Crippen LogP contribution in [0.25, 0.3) is 0 Å². The standard InChI is InChI=1S/2C8H18O2/c1-3-7(2)6-8(10)4-5-9;1-3-4-7(2)8(10)5-6-9/h2*7-10H,3-6H2,1-2H3. The van der Waals surface area contributed by atoms with E-state index in [4.69, 9.17) is 10.2 Å². The average molecular weight is 292 g/mol. The molecule has 0 spiro atoms. The fourth-order valence-electron chi connectivity index (χ4n) is 1.96. The smallest absolute Gasteiger partial charge is 0.0587 e. The van der Waals surface area contributed by atoms with Crippen molar-refractivity contribution >= 4 is 0 Å². The van der Waals surface area contributed by atoms with Gasteiger partial charge in [-0.15, -0.1) is 0 Å². The molecule has 4 nitrogen and oxygen atoms in total. The minimum atomic E-state index is -0.315. The van der Waals surface area contributed by atoms with Crippen LogP contribution in [0.5, 0.6) is 0 Å². The third kappa shape index (κ3) is 14.3. The van der Waals surface area contributed by atoms with Gasteiger partial charge in [0.1, 0.15) is 0 Å². The minimum absolute atomic E-state index is 0.0925. The molecule has 0 aromatic rings. The quantitative estimate of drug-likeness (QED) is 0.498. The van der Waals surface area contributed by atoms with Crippen molar-refractivity contribution in [3.63, 3.8) is 0 Å². The maximum absolute atomic E-state index is 9.29. The van der Waals surface area contributed by atoms with E-state index in [0.29, 0.717) is 24.7 Å². The minimum Gasteiger partial charge on any atom is -0.396 e. The van der Waals surface area contributed by atoms with Crippen molar-refractivity contribution in [3.8, 4) is 0 Å². The largest absolute Gasteiger partial charge is 0.396 e. The monoisotopic (exact) mass is 292 g/mol. The Morgan fingerprint density at radius 2 is 1.40 bits per heavy atom. The van der Waals surface area contributed by atoms with Gasteiger partial charge in [-0.1, -0.05) is 40.5 Å². The summed E-state index contributed by atoms with van der Waals surface area (Å²) < 4.78 is 0. The molecule has 4 unspecified atom stereocenters. The van der Waals surface area contributed by atoms with E-state index in [0.717, 1.165) is 25.7 Å². The van der Waals surface area contributed by atoms with Crippen molar-refractivity contribution in [2.45, 2.75) is 78.4 Å². The van der Waals surface area contributed by atoms with Crippen LogP contribution in [0, 0.1) is 11.8 Å². The molecule has 0 saturated carbocycles. The summed E-state index contributed by atoms with van der Waals surface area (Å²) in [4.78, 5) is 0. The van der Waals surface area contributed by atoms with E-state index >= 15 is 0 Å². The molecule has 0 rings (SSSR count). The molecule has 4 atom stereocenters. The fourth-order valence-corrected chi connectivity index (χ4v) is 1.96. The van der Waals surface area contributed by atoms with Crippen molar-refractivity contribution in [1.82, 2.24) is 0 Å². The molecule has 0 aliphatic rings. The summed E-state index contributed by atoms with van der Waals surface area (Å²) in [5.74, 6) is 0.902. The summed E-state index contributed by atoms with van der Waals surface area (Å²) in [5.41, 5.74) is 0. The Hall–Kier alpha value is -0.160. The van der Waals surface area contributed by atoms with Crippen molar-refractivity contribution in [2.24, 2.45) is 11.8 Å². The highest BCUT2D eigenvalue weighted by Gasteiger charge is 2.11. The lowest BCUT2D eigenvalue weighted by molar-refractivity contribution is 0.0819. The molecule has 4 N–H and O–H groups in total. The van der Waals surface area contributed by atoms with Crippen LogP contribution in [-0.2, 0) is 0 Å². The Morgan fingerprint density at radius 1 is 0.850 bits per heavy atom. The van der Waals surface area contributed by atoms with Crippen LogP contribution in [-0.4, -0.2) is 45.8 Å². The number of aliphatic hydroxyl groups excluding tert-OH is 4. The molecular formula is C16H36O4. The van der Waals surface area contributed by atoms with Gasteiger partial charge in [-0.05, 0) is 37.5 Å². The molecule has 0 aromatic heterocycles. The highest BCUT2D eigenvalue weighted by molar-refractivity contribution is 4.62. The highest BCUT2D eigenvalue weighted by Crippen LogP contribution is 2.12. The molecule has 4 heteroatoms. The first-order valence-corrected chi connectivity index (χ1v) is 8.00. The second kappa shape index (κ2) is 15.2. The summed E-state index contributed by atoms with van der Waals surface area (Å²) in [5, 5.41) is 35.4. The van der Waals surface area contributed by atoms with Crippen LogP contribution in [0.2, 0.25) is 0 Å². The van der Waals surface area contributed by atoms with E-state index < -0.39 is 0 Å². The highest BCUT2D eigenvalue weighted by atomic mass is 16.3. The molecule has 20 heavy (non-hydrogen) atoms. The van der Waals surface area contributed by atoms with Crippen LogP contribution in [0.1, 0.15) is 66.2 Å². The van der Waals surface area contributed by atoms with Gasteiger partial charge in [0, 0.05) is 13.2 Å². The third-order valence-corrected chi connectivity index (χ3v) is 3.66. The Balaban J connectivity index is 0. The molecule has 0 saturated heterocycles. The van der Waals surface area contributed by atoms with Crippen LogP contribution in [0.3, 0.4) is 0 Å². The average Bonchev–Trinajstić information content (AvgIpc) is 2.40. The Kier molecular flexibility index (Phi) is 16.9. The van der Waals surface area contributed by atoms with Crippen LogP contribution in [0.4, 0.5) is 0 Å². The lowest BCUT2D eigenvalue weighted by Gasteiger charge is -2.16. The summed E-state index contributed by atoms with van der Waals surface area (Å²) in [6, 6.07) is 0. The number of hydrogen-bond donors (Lipinski definition) is 4. The van der Waals surface area contributed by atoms with E-state index in [1.54, 1.807) is 0 Å². The Labute approximate surface area is 124 Å². The van der Waals surface area contributed by atoms with E-state index in [1.807, 2.05) is 6.92 Å². The Morgan fingerprint density at radius 3 is 1.80 bits per heavy atom. The first-order chi connectivity index (χ1) is 9.42. The van der Waals surface area contributed by atoms with Crippen molar-refractivity contribution in [3.05, 3.63) is 0 Å². The van der Waals surface area contributed by atoms with E-state index in [-0.39, 0.29) is 25.4 Å². The van der Waals surface area contributed by atoms with Crippen LogP contribution in [0.15, 0.2) is 0 Å². The van der Waals surface area contributed by atoms with Gasteiger partial charge in [-0.25, -0.2) is 0 Å². The maximum atomic E-state index is 9.29. The van der Waals surface area contributed by atoms with E-state index in [9.17, 15) is 10.2 Å². The molecule has 0 amide bonds. The van der Waals surface area contributed by atoms with Gasteiger partial charge in [0.2, 0.25) is 0 Å². The zero-order valence-electron chi connectivity index (χ0n) is 13.8. The lowest BCUT2D eigenvalue weighted by atomic mass is 9.97. The van der Waals surface area contributed by atoms with Crippen LogP contribution < -0.4 is 0 Å². The van der Waals surface area contributed by atoms with Crippen LogP contribution >= 0.6 is 0 Å². The van der Waals surface area contributed by atoms with Gasteiger partial charge in [0.05, 0.1) is 12.2 Å². The number of hydrogen-bond acceptors (Lipinski definition) is 4. The Bertz CT molecular complexity index is 177. The molecule has 0 aliphatic carbocycles. The maximum Gasteiger partial charge on any atom is 0.0587 e. The second-order valence-corrected chi connectivity index (χ2v) is 5.76. The number of rotatable bonds is 10. The van der Waals surface area contributed by atoms with Gasteiger partial charge in [0.15, 0.2) is 0 Å². The van der Waals surface area contributed by atoms with Gasteiger partial charge in [-0.3, -0.25) is 0 Å². The molecule has 0 radical (unpaired) electrons. The topological polar surface area (TPSA) is 80.9 Å². The van der Waals surface area contributed by atoms with Crippen molar-refractivity contribution in [2.75, 3.05) is 13.2 Å². The summed E-state index contributed by atoms with van der Waals surface area (Å²) in [6.45, 7) is 8.52. The molecule has 0 fully saturated rings. The predicted octanol–water partition coefficient (Wildman–Crippen LogP) is 2.33. The molecule has 0 bridgehead atoms. The molecule has 124 valence electrons. The zero-order chi connectivity index (χ0) is 16.0. The first kappa shape index (κ1) is 22.1. The zero-order valence-corrected chi connectivity index (χ0v) is 13.8. The summed E-state index contributed by atoms with van der Waals surface area (Å²) >= 11 is 0. The molecule has 0 aliphatic heterocycles. The molecule has 0 aromatic carbocycles. The summed E-state index contributed by atoms with van der Waals surface area (Å²) in [7, 11) is 0. The van der Waals surface area contributed by atoms with Gasteiger partial charge < -0.3 is 20.4 Å². The SMILES string of the molecule is CCC(C)CC(O)CCO.CCCC(C)C(O)CCO. The number of aliphatic hydroxyl groups is 4. The van der Waals surface area contributed by atoms with E-state index in [1.165, 1.54) is 0 Å². The second-order valence-electron chi connectivity index (χ2n) is 5.76. The summed E-state index contributed by atoms with van der Waals surface area (Å²) in [6.07, 6.45) is 4.47.